The van der Waals surface area contributed by atoms with Crippen molar-refractivity contribution in [1.82, 2.24) is 0 Å². The van der Waals surface area contributed by atoms with Gasteiger partial charge < -0.3 is 5.73 Å². The number of benzene rings is 1. The molecule has 0 spiro atoms. The minimum atomic E-state index is -0.171. The molecule has 0 bridgehead atoms. The second-order valence-electron chi connectivity index (χ2n) is 5.67. The number of unbranched alkanes of at least 4 members (excludes halogenated alkanes) is 4. The smallest absolute Gasteiger partial charge is 0.217 e. The maximum Gasteiger partial charge on any atom is 0.217 e. The van der Waals surface area contributed by atoms with E-state index in [1.54, 1.807) is 0 Å². The lowest BCUT2D eigenvalue weighted by molar-refractivity contribution is -0.118. The molecule has 0 radical (unpaired) electrons. The highest BCUT2D eigenvalue weighted by Crippen LogP contribution is 2.27. The van der Waals surface area contributed by atoms with Gasteiger partial charge in [0.2, 0.25) is 5.91 Å². The topological polar surface area (TPSA) is 43.1 Å². The molecular formula is C18H29NO. The van der Waals surface area contributed by atoms with Crippen LogP contribution in [0.15, 0.2) is 30.3 Å². The number of nitrogens with two attached hydrogens (primary N) is 1. The number of carbonyl (C=O) groups excluding carboxylic acids is 1. The monoisotopic (exact) mass is 275 g/mol. The molecule has 1 unspecified atom stereocenters. The summed E-state index contributed by atoms with van der Waals surface area (Å²) in [4.78, 5) is 10.7. The molecular weight excluding hydrogens is 246 g/mol. The molecule has 1 aromatic carbocycles. The average molecular weight is 275 g/mol. The van der Waals surface area contributed by atoms with E-state index in [4.69, 9.17) is 5.73 Å². The molecule has 0 heterocycles. The van der Waals surface area contributed by atoms with Crippen molar-refractivity contribution in [1.29, 1.82) is 0 Å². The van der Waals surface area contributed by atoms with E-state index in [9.17, 15) is 4.79 Å². The Hall–Kier alpha value is -1.31. The van der Waals surface area contributed by atoms with E-state index in [1.165, 1.54) is 44.1 Å². The van der Waals surface area contributed by atoms with Crippen molar-refractivity contribution >= 4 is 5.91 Å². The summed E-state index contributed by atoms with van der Waals surface area (Å²) in [5, 5.41) is 0. The second-order valence-corrected chi connectivity index (χ2v) is 5.67. The largest absolute Gasteiger partial charge is 0.370 e. The highest BCUT2D eigenvalue weighted by atomic mass is 16.1. The molecule has 0 aliphatic rings. The number of hydrogen-bond donors (Lipinski definition) is 1. The normalized spacial score (nSPS) is 12.2. The summed E-state index contributed by atoms with van der Waals surface area (Å²) in [6, 6.07) is 10.9. The van der Waals surface area contributed by atoms with Gasteiger partial charge in [0.25, 0.3) is 0 Å². The number of primary amides is 1. The van der Waals surface area contributed by atoms with Gasteiger partial charge in [0, 0.05) is 6.42 Å². The van der Waals surface area contributed by atoms with Crippen molar-refractivity contribution in [2.24, 2.45) is 5.73 Å². The van der Waals surface area contributed by atoms with Gasteiger partial charge >= 0.3 is 0 Å². The Balaban J connectivity index is 2.29. The summed E-state index contributed by atoms with van der Waals surface area (Å²) >= 11 is 0. The van der Waals surface area contributed by atoms with E-state index in [2.05, 4.69) is 37.3 Å². The van der Waals surface area contributed by atoms with Crippen LogP contribution in [-0.2, 0) is 4.79 Å². The van der Waals surface area contributed by atoms with E-state index in [0.717, 1.165) is 12.8 Å². The van der Waals surface area contributed by atoms with E-state index in [-0.39, 0.29) is 5.91 Å². The molecule has 112 valence electrons. The Morgan fingerprint density at radius 3 is 2.30 bits per heavy atom. The molecule has 0 aromatic heterocycles. The molecule has 1 aromatic rings. The van der Waals surface area contributed by atoms with Crippen molar-refractivity contribution in [3.8, 4) is 0 Å². The highest BCUT2D eigenvalue weighted by molar-refractivity contribution is 5.73. The molecule has 1 rings (SSSR count). The number of amides is 1. The van der Waals surface area contributed by atoms with Crippen LogP contribution >= 0.6 is 0 Å². The van der Waals surface area contributed by atoms with Crippen molar-refractivity contribution in [3.05, 3.63) is 35.9 Å². The highest BCUT2D eigenvalue weighted by Gasteiger charge is 2.10. The minimum Gasteiger partial charge on any atom is -0.370 e. The van der Waals surface area contributed by atoms with E-state index in [1.807, 2.05) is 0 Å². The van der Waals surface area contributed by atoms with Crippen molar-refractivity contribution < 1.29 is 4.79 Å². The minimum absolute atomic E-state index is 0.171. The first-order valence-corrected chi connectivity index (χ1v) is 8.07. The van der Waals surface area contributed by atoms with Crippen LogP contribution in [0.4, 0.5) is 0 Å². The van der Waals surface area contributed by atoms with E-state index < -0.39 is 0 Å². The molecule has 20 heavy (non-hydrogen) atoms. The van der Waals surface area contributed by atoms with Crippen LogP contribution in [0.1, 0.15) is 76.2 Å². The molecule has 2 N–H and O–H groups in total. The molecule has 0 saturated heterocycles. The zero-order valence-corrected chi connectivity index (χ0v) is 12.8. The molecule has 0 aliphatic heterocycles. The molecule has 2 nitrogen and oxygen atoms in total. The molecule has 2 heteroatoms. The zero-order chi connectivity index (χ0) is 14.6. The van der Waals surface area contributed by atoms with Gasteiger partial charge in [-0.15, -0.1) is 0 Å². The SMILES string of the molecule is CCCCC(CCCCCCC(N)=O)c1ccccc1. The maximum absolute atomic E-state index is 10.7. The quantitative estimate of drug-likeness (QED) is 0.580. The van der Waals surface area contributed by atoms with Crippen LogP contribution in [-0.4, -0.2) is 5.91 Å². The molecule has 1 atom stereocenters. The third kappa shape index (κ3) is 7.32. The first-order chi connectivity index (χ1) is 9.74. The first-order valence-electron chi connectivity index (χ1n) is 8.07. The molecule has 0 saturated carbocycles. The zero-order valence-electron chi connectivity index (χ0n) is 12.8. The Morgan fingerprint density at radius 2 is 1.65 bits per heavy atom. The standard InChI is InChI=1S/C18H29NO/c1-2-3-11-16(17-13-8-6-9-14-17)12-7-4-5-10-15-18(19)20/h6,8-9,13-14,16H,2-5,7,10-12,15H2,1H3,(H2,19,20). The van der Waals surface area contributed by atoms with Gasteiger partial charge in [-0.2, -0.15) is 0 Å². The Kier molecular flexibility index (Phi) is 8.77. The van der Waals surface area contributed by atoms with Crippen molar-refractivity contribution in [3.63, 3.8) is 0 Å². The molecule has 0 aliphatic carbocycles. The number of rotatable bonds is 11. The third-order valence-electron chi connectivity index (χ3n) is 3.90. The Labute approximate surface area is 123 Å². The maximum atomic E-state index is 10.7. The van der Waals surface area contributed by atoms with Crippen LogP contribution in [0.3, 0.4) is 0 Å². The summed E-state index contributed by atoms with van der Waals surface area (Å²) in [6.07, 6.45) is 10.2. The predicted molar refractivity (Wildman–Crippen MR) is 85.6 cm³/mol. The van der Waals surface area contributed by atoms with E-state index in [0.29, 0.717) is 12.3 Å². The lowest BCUT2D eigenvalue weighted by Gasteiger charge is -2.17. The molecule has 0 fully saturated rings. The van der Waals surface area contributed by atoms with Gasteiger partial charge in [0.1, 0.15) is 0 Å². The fourth-order valence-corrected chi connectivity index (χ4v) is 2.70. The van der Waals surface area contributed by atoms with Gasteiger partial charge in [-0.1, -0.05) is 69.4 Å². The summed E-state index contributed by atoms with van der Waals surface area (Å²) < 4.78 is 0. The summed E-state index contributed by atoms with van der Waals surface area (Å²) in [7, 11) is 0. The lowest BCUT2D eigenvalue weighted by atomic mass is 9.88. The Morgan fingerprint density at radius 1 is 1.00 bits per heavy atom. The van der Waals surface area contributed by atoms with Crippen LogP contribution in [0.25, 0.3) is 0 Å². The van der Waals surface area contributed by atoms with Crippen LogP contribution in [0.5, 0.6) is 0 Å². The summed E-state index contributed by atoms with van der Waals surface area (Å²) in [5.74, 6) is 0.530. The van der Waals surface area contributed by atoms with Crippen LogP contribution in [0, 0.1) is 0 Å². The van der Waals surface area contributed by atoms with Crippen molar-refractivity contribution in [2.45, 2.75) is 70.6 Å². The summed E-state index contributed by atoms with van der Waals surface area (Å²) in [6.45, 7) is 2.26. The van der Waals surface area contributed by atoms with Gasteiger partial charge in [0.15, 0.2) is 0 Å². The third-order valence-corrected chi connectivity index (χ3v) is 3.90. The second kappa shape index (κ2) is 10.5. The van der Waals surface area contributed by atoms with Gasteiger partial charge in [-0.05, 0) is 30.7 Å². The van der Waals surface area contributed by atoms with Gasteiger partial charge in [0.05, 0.1) is 0 Å². The van der Waals surface area contributed by atoms with Crippen LogP contribution in [0.2, 0.25) is 0 Å². The molecule has 1 amide bonds. The Bertz CT molecular complexity index is 361. The lowest BCUT2D eigenvalue weighted by Crippen LogP contribution is -2.09. The fourth-order valence-electron chi connectivity index (χ4n) is 2.70. The predicted octanol–water partition coefficient (Wildman–Crippen LogP) is 4.79. The van der Waals surface area contributed by atoms with Gasteiger partial charge in [-0.3, -0.25) is 4.79 Å². The number of hydrogen-bond acceptors (Lipinski definition) is 1. The van der Waals surface area contributed by atoms with Gasteiger partial charge in [-0.25, -0.2) is 0 Å². The fraction of sp³-hybridized carbons (Fsp3) is 0.611. The van der Waals surface area contributed by atoms with Crippen LogP contribution < -0.4 is 5.73 Å². The number of carbonyl (C=O) groups is 1. The van der Waals surface area contributed by atoms with Crippen molar-refractivity contribution in [2.75, 3.05) is 0 Å². The average Bonchev–Trinajstić information content (AvgIpc) is 2.46. The summed E-state index contributed by atoms with van der Waals surface area (Å²) in [5.41, 5.74) is 6.63. The van der Waals surface area contributed by atoms with E-state index >= 15 is 0 Å². The first kappa shape index (κ1) is 16.7.